The summed E-state index contributed by atoms with van der Waals surface area (Å²) in [7, 11) is 3.81. The van der Waals surface area contributed by atoms with Crippen molar-refractivity contribution in [1.29, 1.82) is 0 Å². The summed E-state index contributed by atoms with van der Waals surface area (Å²) in [6.45, 7) is 6.84. The second-order valence-corrected chi connectivity index (χ2v) is 7.31. The Balaban J connectivity index is 2.20. The lowest BCUT2D eigenvalue weighted by molar-refractivity contribution is -0.0668. The van der Waals surface area contributed by atoms with Crippen LogP contribution in [0.2, 0.25) is 0 Å². The number of nitrogens with zero attached hydrogens (tertiary/aromatic N) is 1. The summed E-state index contributed by atoms with van der Waals surface area (Å²) < 4.78 is 5.91. The molecule has 0 amide bonds. The Morgan fingerprint density at radius 1 is 1.32 bits per heavy atom. The maximum Gasteiger partial charge on any atom is 0.125 e. The third kappa shape index (κ3) is 3.01. The lowest BCUT2D eigenvalue weighted by atomic mass is 9.71. The fourth-order valence-electron chi connectivity index (χ4n) is 2.68. The standard InChI is InChI=1S/C15H26N2OS/c1-11(16-4)12-10-19-13(17-12)15(18-5)8-6-14(2,3)7-9-15/h10-11,16H,6-9H2,1-5H3. The molecule has 1 unspecified atom stereocenters. The molecule has 0 saturated heterocycles. The zero-order chi connectivity index (χ0) is 14.1. The van der Waals surface area contributed by atoms with Crippen LogP contribution in [-0.2, 0) is 10.3 Å². The Bertz CT molecular complexity index is 418. The maximum atomic E-state index is 5.91. The Hall–Kier alpha value is -0.450. The second-order valence-electron chi connectivity index (χ2n) is 6.45. The van der Waals surface area contributed by atoms with Crippen LogP contribution in [0.15, 0.2) is 5.38 Å². The van der Waals surface area contributed by atoms with E-state index < -0.39 is 0 Å². The van der Waals surface area contributed by atoms with E-state index >= 15 is 0 Å². The molecule has 1 aliphatic carbocycles. The minimum Gasteiger partial charge on any atom is -0.371 e. The molecule has 1 atom stereocenters. The van der Waals surface area contributed by atoms with E-state index in [4.69, 9.17) is 9.72 Å². The van der Waals surface area contributed by atoms with Gasteiger partial charge in [0.2, 0.25) is 0 Å². The van der Waals surface area contributed by atoms with E-state index in [0.717, 1.165) is 23.5 Å². The van der Waals surface area contributed by atoms with E-state index in [1.165, 1.54) is 12.8 Å². The van der Waals surface area contributed by atoms with Crippen molar-refractivity contribution >= 4 is 11.3 Å². The topological polar surface area (TPSA) is 34.1 Å². The van der Waals surface area contributed by atoms with Crippen LogP contribution in [0.4, 0.5) is 0 Å². The van der Waals surface area contributed by atoms with Gasteiger partial charge in [0.15, 0.2) is 0 Å². The zero-order valence-electron chi connectivity index (χ0n) is 12.7. The van der Waals surface area contributed by atoms with Crippen molar-refractivity contribution in [2.45, 2.75) is 58.1 Å². The van der Waals surface area contributed by atoms with Gasteiger partial charge in [0, 0.05) is 18.5 Å². The molecule has 19 heavy (non-hydrogen) atoms. The number of aromatic nitrogens is 1. The molecule has 2 rings (SSSR count). The van der Waals surface area contributed by atoms with Crippen LogP contribution in [0.25, 0.3) is 0 Å². The highest BCUT2D eigenvalue weighted by Crippen LogP contribution is 2.47. The normalized spacial score (nSPS) is 23.2. The Morgan fingerprint density at radius 2 is 1.95 bits per heavy atom. The van der Waals surface area contributed by atoms with Crippen LogP contribution in [0.3, 0.4) is 0 Å². The molecule has 0 aromatic carbocycles. The number of methoxy groups -OCH3 is 1. The van der Waals surface area contributed by atoms with Crippen molar-refractivity contribution in [1.82, 2.24) is 10.3 Å². The van der Waals surface area contributed by atoms with Crippen molar-refractivity contribution in [2.75, 3.05) is 14.2 Å². The molecule has 1 aliphatic rings. The van der Waals surface area contributed by atoms with Crippen LogP contribution in [0.1, 0.15) is 63.2 Å². The summed E-state index contributed by atoms with van der Waals surface area (Å²) in [6, 6.07) is 0.305. The monoisotopic (exact) mass is 282 g/mol. The van der Waals surface area contributed by atoms with Gasteiger partial charge in [0.05, 0.1) is 5.69 Å². The summed E-state index contributed by atoms with van der Waals surface area (Å²) in [5.41, 5.74) is 1.43. The zero-order valence-corrected chi connectivity index (χ0v) is 13.6. The predicted molar refractivity (Wildman–Crippen MR) is 80.5 cm³/mol. The average Bonchev–Trinajstić information content (AvgIpc) is 2.89. The molecule has 1 fully saturated rings. The van der Waals surface area contributed by atoms with Crippen LogP contribution < -0.4 is 5.32 Å². The number of hydrogen-bond donors (Lipinski definition) is 1. The minimum absolute atomic E-state index is 0.147. The third-order valence-electron chi connectivity index (χ3n) is 4.59. The van der Waals surface area contributed by atoms with Gasteiger partial charge in [-0.15, -0.1) is 11.3 Å². The number of thiazole rings is 1. The molecule has 4 heteroatoms. The van der Waals surface area contributed by atoms with Crippen molar-refractivity contribution < 1.29 is 4.74 Å². The van der Waals surface area contributed by atoms with E-state index in [-0.39, 0.29) is 5.60 Å². The van der Waals surface area contributed by atoms with Crippen LogP contribution in [-0.4, -0.2) is 19.1 Å². The highest BCUT2D eigenvalue weighted by molar-refractivity contribution is 7.09. The van der Waals surface area contributed by atoms with Gasteiger partial charge in [-0.25, -0.2) is 4.98 Å². The average molecular weight is 282 g/mol. The minimum atomic E-state index is -0.147. The summed E-state index contributed by atoms with van der Waals surface area (Å²) in [4.78, 5) is 4.83. The van der Waals surface area contributed by atoms with E-state index in [0.29, 0.717) is 11.5 Å². The molecular formula is C15H26N2OS. The molecular weight excluding hydrogens is 256 g/mol. The first kappa shape index (κ1) is 14.9. The van der Waals surface area contributed by atoms with Crippen molar-refractivity contribution in [3.8, 4) is 0 Å². The third-order valence-corrected chi connectivity index (χ3v) is 5.64. The molecule has 0 radical (unpaired) electrons. The molecule has 0 aliphatic heterocycles. The Labute approximate surface area is 120 Å². The van der Waals surface area contributed by atoms with Crippen molar-refractivity contribution in [3.05, 3.63) is 16.1 Å². The van der Waals surface area contributed by atoms with E-state index in [2.05, 4.69) is 31.5 Å². The quantitative estimate of drug-likeness (QED) is 0.910. The van der Waals surface area contributed by atoms with Crippen LogP contribution in [0.5, 0.6) is 0 Å². The maximum absolute atomic E-state index is 5.91. The molecule has 1 heterocycles. The highest BCUT2D eigenvalue weighted by Gasteiger charge is 2.42. The van der Waals surface area contributed by atoms with Gasteiger partial charge >= 0.3 is 0 Å². The molecule has 0 spiro atoms. The van der Waals surface area contributed by atoms with Crippen LogP contribution >= 0.6 is 11.3 Å². The number of nitrogens with one attached hydrogen (secondary N) is 1. The van der Waals surface area contributed by atoms with Gasteiger partial charge in [-0.1, -0.05) is 13.8 Å². The first-order chi connectivity index (χ1) is 8.92. The first-order valence-corrected chi connectivity index (χ1v) is 7.99. The molecule has 1 N–H and O–H groups in total. The predicted octanol–water partition coefficient (Wildman–Crippen LogP) is 3.87. The van der Waals surface area contributed by atoms with Gasteiger partial charge in [0.1, 0.15) is 10.6 Å². The summed E-state index contributed by atoms with van der Waals surface area (Å²) in [5, 5.41) is 6.56. The number of hydrogen-bond acceptors (Lipinski definition) is 4. The van der Waals surface area contributed by atoms with Crippen LogP contribution in [0, 0.1) is 5.41 Å². The first-order valence-electron chi connectivity index (χ1n) is 7.11. The lowest BCUT2D eigenvalue weighted by Crippen LogP contribution is -2.36. The molecule has 108 valence electrons. The largest absolute Gasteiger partial charge is 0.371 e. The SMILES string of the molecule is CNC(C)c1csc(C2(OC)CCC(C)(C)CC2)n1. The Kier molecular flexibility index (Phi) is 4.33. The molecule has 1 aromatic heterocycles. The molecule has 1 saturated carbocycles. The Morgan fingerprint density at radius 3 is 2.47 bits per heavy atom. The van der Waals surface area contributed by atoms with Gasteiger partial charge in [-0.3, -0.25) is 0 Å². The molecule has 1 aromatic rings. The molecule has 0 bridgehead atoms. The smallest absolute Gasteiger partial charge is 0.125 e. The fourth-order valence-corrected chi connectivity index (χ4v) is 3.83. The van der Waals surface area contributed by atoms with E-state index in [9.17, 15) is 0 Å². The van der Waals surface area contributed by atoms with Crippen molar-refractivity contribution in [3.63, 3.8) is 0 Å². The fraction of sp³-hybridized carbons (Fsp3) is 0.800. The van der Waals surface area contributed by atoms with Gasteiger partial charge in [-0.2, -0.15) is 0 Å². The lowest BCUT2D eigenvalue weighted by Gasteiger charge is -2.41. The van der Waals surface area contributed by atoms with E-state index in [1.54, 1.807) is 11.3 Å². The highest BCUT2D eigenvalue weighted by atomic mass is 32.1. The van der Waals surface area contributed by atoms with Gasteiger partial charge in [-0.05, 0) is 45.1 Å². The van der Waals surface area contributed by atoms with Gasteiger partial charge in [0.25, 0.3) is 0 Å². The van der Waals surface area contributed by atoms with Crippen molar-refractivity contribution in [2.24, 2.45) is 5.41 Å². The summed E-state index contributed by atoms with van der Waals surface area (Å²) >= 11 is 1.75. The number of rotatable bonds is 4. The summed E-state index contributed by atoms with van der Waals surface area (Å²) in [6.07, 6.45) is 4.57. The molecule has 3 nitrogen and oxygen atoms in total. The van der Waals surface area contributed by atoms with Gasteiger partial charge < -0.3 is 10.1 Å². The second kappa shape index (κ2) is 5.51. The van der Waals surface area contributed by atoms with E-state index in [1.807, 2.05) is 14.2 Å². The number of ether oxygens (including phenoxy) is 1. The summed E-state index contributed by atoms with van der Waals surface area (Å²) in [5.74, 6) is 0.